The van der Waals surface area contributed by atoms with Crippen LogP contribution in [0.4, 0.5) is 0 Å². The summed E-state index contributed by atoms with van der Waals surface area (Å²) in [5.74, 6) is 1.68. The van der Waals surface area contributed by atoms with Crippen molar-refractivity contribution in [2.75, 3.05) is 32.1 Å². The van der Waals surface area contributed by atoms with E-state index < -0.39 is 0 Å². The summed E-state index contributed by atoms with van der Waals surface area (Å²) in [5.41, 5.74) is 0. The first-order valence-electron chi connectivity index (χ1n) is 5.66. The molecule has 84 valence electrons. The van der Waals surface area contributed by atoms with Gasteiger partial charge in [-0.2, -0.15) is 12.6 Å². The number of rotatable bonds is 5. The average Bonchev–Trinajstić information content (AvgIpc) is 2.18. The molecule has 0 spiro atoms. The Bertz CT molecular complexity index is 154. The molecule has 0 aromatic heterocycles. The molecular weight excluding hydrogens is 194 g/mol. The van der Waals surface area contributed by atoms with Crippen molar-refractivity contribution in [3.63, 3.8) is 0 Å². The number of ether oxygens (including phenoxy) is 1. The Kier molecular flexibility index (Phi) is 5.90. The molecule has 2 nitrogen and oxygen atoms in total. The van der Waals surface area contributed by atoms with Gasteiger partial charge < -0.3 is 4.74 Å². The topological polar surface area (TPSA) is 12.5 Å². The molecule has 0 bridgehead atoms. The van der Waals surface area contributed by atoms with Gasteiger partial charge in [-0.3, -0.25) is 4.90 Å². The van der Waals surface area contributed by atoms with Crippen molar-refractivity contribution in [2.45, 2.75) is 32.7 Å². The molecular formula is C11H23NOS. The van der Waals surface area contributed by atoms with Crippen molar-refractivity contribution in [1.29, 1.82) is 0 Å². The molecule has 2 unspecified atom stereocenters. The Labute approximate surface area is 93.4 Å². The quantitative estimate of drug-likeness (QED) is 0.559. The van der Waals surface area contributed by atoms with Gasteiger partial charge in [0, 0.05) is 24.9 Å². The zero-order valence-corrected chi connectivity index (χ0v) is 10.3. The number of piperidine rings is 1. The summed E-state index contributed by atoms with van der Waals surface area (Å²) in [6.07, 6.45) is 2.73. The summed E-state index contributed by atoms with van der Waals surface area (Å²) in [7, 11) is 0. The van der Waals surface area contributed by atoms with Gasteiger partial charge in [0.25, 0.3) is 0 Å². The van der Waals surface area contributed by atoms with Gasteiger partial charge in [0.05, 0.1) is 13.2 Å². The second-order valence-electron chi connectivity index (χ2n) is 4.36. The maximum atomic E-state index is 5.45. The van der Waals surface area contributed by atoms with E-state index in [9.17, 15) is 0 Å². The molecule has 1 aliphatic heterocycles. The summed E-state index contributed by atoms with van der Waals surface area (Å²) in [5, 5.41) is 0. The van der Waals surface area contributed by atoms with Gasteiger partial charge in [0.15, 0.2) is 0 Å². The number of thiol groups is 1. The first kappa shape index (κ1) is 12.3. The Morgan fingerprint density at radius 1 is 1.29 bits per heavy atom. The minimum atomic E-state index is 0.741. The van der Waals surface area contributed by atoms with Crippen molar-refractivity contribution >= 4 is 12.6 Å². The largest absolute Gasteiger partial charge is 0.379 e. The first-order chi connectivity index (χ1) is 6.74. The van der Waals surface area contributed by atoms with Crippen LogP contribution >= 0.6 is 12.6 Å². The van der Waals surface area contributed by atoms with Gasteiger partial charge in [-0.25, -0.2) is 0 Å². The van der Waals surface area contributed by atoms with Crippen LogP contribution in [0.5, 0.6) is 0 Å². The Morgan fingerprint density at radius 2 is 2.07 bits per heavy atom. The molecule has 14 heavy (non-hydrogen) atoms. The third kappa shape index (κ3) is 4.20. The van der Waals surface area contributed by atoms with Crippen LogP contribution in [0.25, 0.3) is 0 Å². The molecule has 0 aliphatic carbocycles. The highest BCUT2D eigenvalue weighted by Gasteiger charge is 2.21. The van der Waals surface area contributed by atoms with Crippen LogP contribution in [-0.2, 0) is 4.74 Å². The summed E-state index contributed by atoms with van der Waals surface area (Å²) in [6.45, 7) is 8.63. The highest BCUT2D eigenvalue weighted by molar-refractivity contribution is 7.80. The molecule has 0 amide bonds. The van der Waals surface area contributed by atoms with E-state index in [2.05, 4.69) is 31.4 Å². The van der Waals surface area contributed by atoms with Crippen LogP contribution in [0.1, 0.15) is 26.7 Å². The molecule has 3 heteroatoms. The third-order valence-electron chi connectivity index (χ3n) is 3.01. The predicted molar refractivity (Wildman–Crippen MR) is 64.1 cm³/mol. The number of hydrogen-bond donors (Lipinski definition) is 1. The smallest absolute Gasteiger partial charge is 0.0593 e. The maximum absolute atomic E-state index is 5.45. The SMILES string of the molecule is CC1CCC(C)N(CCOCCS)C1. The van der Waals surface area contributed by atoms with Crippen LogP contribution < -0.4 is 0 Å². The second kappa shape index (κ2) is 6.70. The van der Waals surface area contributed by atoms with Crippen molar-refractivity contribution in [2.24, 2.45) is 5.92 Å². The average molecular weight is 217 g/mol. The van der Waals surface area contributed by atoms with E-state index in [0.717, 1.165) is 37.5 Å². The van der Waals surface area contributed by atoms with Crippen LogP contribution in [-0.4, -0.2) is 43.0 Å². The minimum absolute atomic E-state index is 0.741. The van der Waals surface area contributed by atoms with E-state index in [4.69, 9.17) is 4.74 Å². The minimum Gasteiger partial charge on any atom is -0.379 e. The lowest BCUT2D eigenvalue weighted by Crippen LogP contribution is -2.42. The molecule has 2 atom stereocenters. The van der Waals surface area contributed by atoms with Crippen LogP contribution in [0.3, 0.4) is 0 Å². The van der Waals surface area contributed by atoms with Crippen molar-refractivity contribution in [1.82, 2.24) is 4.90 Å². The normalized spacial score (nSPS) is 29.4. The van der Waals surface area contributed by atoms with E-state index in [-0.39, 0.29) is 0 Å². The summed E-state index contributed by atoms with van der Waals surface area (Å²) < 4.78 is 5.45. The lowest BCUT2D eigenvalue weighted by atomic mass is 9.95. The molecule has 1 aliphatic rings. The van der Waals surface area contributed by atoms with Crippen LogP contribution in [0.2, 0.25) is 0 Å². The van der Waals surface area contributed by atoms with Crippen LogP contribution in [0, 0.1) is 5.92 Å². The number of nitrogens with zero attached hydrogens (tertiary/aromatic N) is 1. The summed E-state index contributed by atoms with van der Waals surface area (Å²) in [4.78, 5) is 2.55. The van der Waals surface area contributed by atoms with E-state index in [0.29, 0.717) is 0 Å². The molecule has 1 heterocycles. The lowest BCUT2D eigenvalue weighted by molar-refractivity contribution is 0.0689. The Morgan fingerprint density at radius 3 is 2.79 bits per heavy atom. The van der Waals surface area contributed by atoms with E-state index >= 15 is 0 Å². The molecule has 1 saturated heterocycles. The Hall–Kier alpha value is 0.270. The van der Waals surface area contributed by atoms with Crippen molar-refractivity contribution in [3.05, 3.63) is 0 Å². The van der Waals surface area contributed by atoms with E-state index in [1.165, 1.54) is 19.4 Å². The summed E-state index contributed by atoms with van der Waals surface area (Å²) in [6, 6.07) is 0.741. The van der Waals surface area contributed by atoms with E-state index in [1.54, 1.807) is 0 Å². The van der Waals surface area contributed by atoms with Gasteiger partial charge in [0.2, 0.25) is 0 Å². The maximum Gasteiger partial charge on any atom is 0.0593 e. The van der Waals surface area contributed by atoms with Gasteiger partial charge >= 0.3 is 0 Å². The highest BCUT2D eigenvalue weighted by atomic mass is 32.1. The van der Waals surface area contributed by atoms with Gasteiger partial charge in [-0.1, -0.05) is 6.92 Å². The molecule has 0 N–H and O–H groups in total. The van der Waals surface area contributed by atoms with E-state index in [1.807, 2.05) is 0 Å². The molecule has 1 rings (SSSR count). The zero-order chi connectivity index (χ0) is 10.4. The fourth-order valence-corrected chi connectivity index (χ4v) is 2.17. The van der Waals surface area contributed by atoms with Crippen molar-refractivity contribution < 1.29 is 4.74 Å². The summed E-state index contributed by atoms with van der Waals surface area (Å²) >= 11 is 4.11. The lowest BCUT2D eigenvalue weighted by Gasteiger charge is -2.36. The number of likely N-dealkylation sites (tertiary alicyclic amines) is 1. The molecule has 1 fully saturated rings. The van der Waals surface area contributed by atoms with Crippen LogP contribution in [0.15, 0.2) is 0 Å². The zero-order valence-electron chi connectivity index (χ0n) is 9.41. The Balaban J connectivity index is 2.14. The van der Waals surface area contributed by atoms with Gasteiger partial charge in [0.1, 0.15) is 0 Å². The van der Waals surface area contributed by atoms with Gasteiger partial charge in [-0.05, 0) is 25.7 Å². The monoisotopic (exact) mass is 217 g/mol. The molecule has 0 saturated carbocycles. The third-order valence-corrected chi connectivity index (χ3v) is 3.19. The molecule has 0 aromatic carbocycles. The predicted octanol–water partition coefficient (Wildman–Crippen LogP) is 2.05. The second-order valence-corrected chi connectivity index (χ2v) is 4.81. The fraction of sp³-hybridized carbons (Fsp3) is 1.00. The highest BCUT2D eigenvalue weighted by Crippen LogP contribution is 2.20. The molecule has 0 aromatic rings. The first-order valence-corrected chi connectivity index (χ1v) is 6.30. The van der Waals surface area contributed by atoms with Gasteiger partial charge in [-0.15, -0.1) is 0 Å². The number of hydrogen-bond acceptors (Lipinski definition) is 3. The van der Waals surface area contributed by atoms with Crippen molar-refractivity contribution in [3.8, 4) is 0 Å². The molecule has 0 radical (unpaired) electrons. The fourth-order valence-electron chi connectivity index (χ4n) is 2.04. The standard InChI is InChI=1S/C11H23NOS/c1-10-3-4-11(2)12(9-10)5-6-13-7-8-14/h10-11,14H,3-9H2,1-2H3.